The maximum Gasteiger partial charge on any atom is 0.416 e. The highest BCUT2D eigenvalue weighted by Gasteiger charge is 2.51. The molecule has 0 radical (unpaired) electrons. The quantitative estimate of drug-likeness (QED) is 0.426. The third kappa shape index (κ3) is 3.66. The lowest BCUT2D eigenvalue weighted by molar-refractivity contribution is -0.138. The number of fused-ring (bicyclic) bond motifs is 1. The molecule has 30 heavy (non-hydrogen) atoms. The Hall–Kier alpha value is -2.23. The average molecular weight is 494 g/mol. The molecule has 2 aromatic carbocycles. The van der Waals surface area contributed by atoms with Gasteiger partial charge in [-0.2, -0.15) is 26.3 Å². The van der Waals surface area contributed by atoms with Gasteiger partial charge < -0.3 is 4.74 Å². The smallest absolute Gasteiger partial charge is 0.416 e. The van der Waals surface area contributed by atoms with Crippen molar-refractivity contribution in [3.05, 3.63) is 69.2 Å². The van der Waals surface area contributed by atoms with Crippen LogP contribution in [-0.2, 0) is 17.1 Å². The molecule has 2 aliphatic heterocycles. The van der Waals surface area contributed by atoms with Crippen LogP contribution in [0.25, 0.3) is 0 Å². The summed E-state index contributed by atoms with van der Waals surface area (Å²) < 4.78 is 84.3. The summed E-state index contributed by atoms with van der Waals surface area (Å²) in [7, 11) is 0. The van der Waals surface area contributed by atoms with E-state index in [9.17, 15) is 31.1 Å². The molecule has 0 aliphatic carbocycles. The van der Waals surface area contributed by atoms with Gasteiger partial charge in [0.15, 0.2) is 0 Å². The fourth-order valence-electron chi connectivity index (χ4n) is 4.11. The maximum atomic E-state index is 13.1. The molecule has 4 rings (SSSR count). The van der Waals surface area contributed by atoms with E-state index in [2.05, 4.69) is 15.9 Å². The lowest BCUT2D eigenvalue weighted by Gasteiger charge is -2.24. The van der Waals surface area contributed by atoms with E-state index in [1.165, 1.54) is 23.1 Å². The number of amides is 1. The molecule has 0 aromatic heterocycles. The molecule has 2 heterocycles. The summed E-state index contributed by atoms with van der Waals surface area (Å²) in [5.41, 5.74) is -1.21. The van der Waals surface area contributed by atoms with Crippen LogP contribution >= 0.6 is 15.9 Å². The van der Waals surface area contributed by atoms with E-state index in [1.807, 2.05) is 0 Å². The summed E-state index contributed by atoms with van der Waals surface area (Å²) in [6.45, 7) is 0. The Morgan fingerprint density at radius 2 is 1.60 bits per heavy atom. The average Bonchev–Trinajstić information content (AvgIpc) is 3.22. The van der Waals surface area contributed by atoms with Crippen LogP contribution in [-0.4, -0.2) is 17.0 Å². The van der Waals surface area contributed by atoms with E-state index in [-0.39, 0.29) is 11.1 Å². The van der Waals surface area contributed by atoms with Crippen LogP contribution in [0.4, 0.5) is 31.1 Å². The number of rotatable bonds is 2. The first kappa shape index (κ1) is 21.0. The number of carbonyl (C=O) groups is 1. The Morgan fingerprint density at radius 1 is 0.933 bits per heavy atom. The SMILES string of the molecule is O=C1OC(c2cccc(C(F)(F)F)c2)C2CCC(c3cc(C(F)(F)F)ccc3Br)N12. The molecule has 0 bridgehead atoms. The first-order valence-electron chi connectivity index (χ1n) is 8.99. The predicted octanol–water partition coefficient (Wildman–Crippen LogP) is 6.88. The van der Waals surface area contributed by atoms with Crippen molar-refractivity contribution in [2.45, 2.75) is 43.4 Å². The van der Waals surface area contributed by atoms with E-state index < -0.39 is 47.8 Å². The minimum Gasteiger partial charge on any atom is -0.439 e. The van der Waals surface area contributed by atoms with Crippen LogP contribution < -0.4 is 0 Å². The molecule has 0 saturated carbocycles. The molecule has 160 valence electrons. The van der Waals surface area contributed by atoms with Crippen LogP contribution in [0.5, 0.6) is 0 Å². The van der Waals surface area contributed by atoms with Crippen LogP contribution in [0.3, 0.4) is 0 Å². The van der Waals surface area contributed by atoms with Gasteiger partial charge in [-0.15, -0.1) is 0 Å². The number of cyclic esters (lactones) is 1. The molecular formula is C20H14BrF6NO2. The third-order valence-electron chi connectivity index (χ3n) is 5.44. The van der Waals surface area contributed by atoms with Crippen molar-refractivity contribution in [1.29, 1.82) is 0 Å². The minimum atomic E-state index is -4.54. The second-order valence-corrected chi connectivity index (χ2v) is 8.08. The summed E-state index contributed by atoms with van der Waals surface area (Å²) in [6.07, 6.45) is -10.0. The van der Waals surface area contributed by atoms with Gasteiger partial charge in [-0.1, -0.05) is 28.1 Å². The van der Waals surface area contributed by atoms with Gasteiger partial charge in [-0.3, -0.25) is 4.90 Å². The van der Waals surface area contributed by atoms with Crippen molar-refractivity contribution >= 4 is 22.0 Å². The number of ether oxygens (including phenoxy) is 1. The number of nitrogens with zero attached hydrogens (tertiary/aromatic N) is 1. The van der Waals surface area contributed by atoms with Crippen LogP contribution in [0.1, 0.15) is 47.2 Å². The Morgan fingerprint density at radius 3 is 2.27 bits per heavy atom. The standard InChI is InChI=1S/C20H14BrF6NO2/c21-14-5-4-12(20(25,26)27)9-13(14)15-6-7-16-17(30-18(29)28(15)16)10-2-1-3-11(8-10)19(22,23)24/h1-5,8-9,15-17H,6-7H2. The molecule has 3 atom stereocenters. The Bertz CT molecular complexity index is 990. The second-order valence-electron chi connectivity index (χ2n) is 7.23. The zero-order chi connectivity index (χ0) is 21.8. The predicted molar refractivity (Wildman–Crippen MR) is 97.4 cm³/mol. The number of benzene rings is 2. The normalized spacial score (nSPS) is 24.2. The summed E-state index contributed by atoms with van der Waals surface area (Å²) in [5.74, 6) is 0. The van der Waals surface area contributed by atoms with Gasteiger partial charge in [0.25, 0.3) is 0 Å². The van der Waals surface area contributed by atoms with Gasteiger partial charge in [-0.25, -0.2) is 4.79 Å². The van der Waals surface area contributed by atoms with Gasteiger partial charge in [0, 0.05) is 4.47 Å². The van der Waals surface area contributed by atoms with Gasteiger partial charge in [0.05, 0.1) is 23.2 Å². The molecule has 2 saturated heterocycles. The molecule has 3 unspecified atom stereocenters. The zero-order valence-electron chi connectivity index (χ0n) is 15.1. The molecule has 1 amide bonds. The summed E-state index contributed by atoms with van der Waals surface area (Å²) in [4.78, 5) is 13.9. The highest BCUT2D eigenvalue weighted by atomic mass is 79.9. The lowest BCUT2D eigenvalue weighted by atomic mass is 9.98. The topological polar surface area (TPSA) is 29.5 Å². The number of alkyl halides is 6. The van der Waals surface area contributed by atoms with Crippen molar-refractivity contribution in [3.8, 4) is 0 Å². The molecule has 2 fully saturated rings. The van der Waals surface area contributed by atoms with E-state index in [0.29, 0.717) is 17.3 Å². The summed E-state index contributed by atoms with van der Waals surface area (Å²) in [6, 6.07) is 6.52. The second kappa shape index (κ2) is 7.18. The minimum absolute atomic E-state index is 0.203. The van der Waals surface area contributed by atoms with Gasteiger partial charge >= 0.3 is 18.4 Å². The number of hydrogen-bond acceptors (Lipinski definition) is 2. The van der Waals surface area contributed by atoms with Crippen molar-refractivity contribution in [2.75, 3.05) is 0 Å². The van der Waals surface area contributed by atoms with Crippen LogP contribution in [0.15, 0.2) is 46.9 Å². The van der Waals surface area contributed by atoms with Gasteiger partial charge in [-0.05, 0) is 54.3 Å². The van der Waals surface area contributed by atoms with Crippen molar-refractivity contribution in [1.82, 2.24) is 4.90 Å². The molecular weight excluding hydrogens is 480 g/mol. The lowest BCUT2D eigenvalue weighted by Crippen LogP contribution is -2.31. The fraction of sp³-hybridized carbons (Fsp3) is 0.350. The Kier molecular flexibility index (Phi) is 5.03. The van der Waals surface area contributed by atoms with Crippen LogP contribution in [0.2, 0.25) is 0 Å². The van der Waals surface area contributed by atoms with E-state index in [1.54, 1.807) is 0 Å². The Labute approximate surface area is 175 Å². The van der Waals surface area contributed by atoms with E-state index in [4.69, 9.17) is 4.74 Å². The van der Waals surface area contributed by atoms with Gasteiger partial charge in [0.2, 0.25) is 0 Å². The highest BCUT2D eigenvalue weighted by Crippen LogP contribution is 2.49. The monoisotopic (exact) mass is 493 g/mol. The fourth-order valence-corrected chi connectivity index (χ4v) is 4.62. The first-order valence-corrected chi connectivity index (χ1v) is 9.79. The molecule has 3 nitrogen and oxygen atoms in total. The zero-order valence-corrected chi connectivity index (χ0v) is 16.7. The molecule has 0 spiro atoms. The van der Waals surface area contributed by atoms with E-state index >= 15 is 0 Å². The summed E-state index contributed by atoms with van der Waals surface area (Å²) >= 11 is 3.24. The summed E-state index contributed by atoms with van der Waals surface area (Å²) in [5, 5.41) is 0. The Balaban J connectivity index is 1.66. The number of halogens is 7. The molecule has 10 heteroatoms. The molecule has 0 N–H and O–H groups in total. The molecule has 2 aliphatic rings. The largest absolute Gasteiger partial charge is 0.439 e. The van der Waals surface area contributed by atoms with Crippen molar-refractivity contribution in [2.24, 2.45) is 0 Å². The van der Waals surface area contributed by atoms with Crippen molar-refractivity contribution < 1.29 is 35.9 Å². The van der Waals surface area contributed by atoms with E-state index in [0.717, 1.165) is 24.3 Å². The number of hydrogen-bond donors (Lipinski definition) is 0. The third-order valence-corrected chi connectivity index (χ3v) is 6.16. The molecule has 2 aromatic rings. The number of carbonyl (C=O) groups excluding carboxylic acids is 1. The van der Waals surface area contributed by atoms with Crippen molar-refractivity contribution in [3.63, 3.8) is 0 Å². The van der Waals surface area contributed by atoms with Gasteiger partial charge in [0.1, 0.15) is 6.10 Å². The maximum absolute atomic E-state index is 13.1. The van der Waals surface area contributed by atoms with Crippen LogP contribution in [0, 0.1) is 0 Å². The first-order chi connectivity index (χ1) is 14.0. The highest BCUT2D eigenvalue weighted by molar-refractivity contribution is 9.10.